The fraction of sp³-hybridized carbons (Fsp3) is 0.565. The number of amides is 3. The van der Waals surface area contributed by atoms with Gasteiger partial charge in [-0.1, -0.05) is 26.0 Å². The second kappa shape index (κ2) is 11.0. The van der Waals surface area contributed by atoms with E-state index < -0.39 is 28.3 Å². The van der Waals surface area contributed by atoms with Crippen molar-refractivity contribution in [1.82, 2.24) is 10.6 Å². The van der Waals surface area contributed by atoms with E-state index in [1.807, 2.05) is 13.8 Å². The zero-order valence-corrected chi connectivity index (χ0v) is 19.4. The van der Waals surface area contributed by atoms with Crippen LogP contribution in [0.5, 0.6) is 0 Å². The number of piperidine rings is 1. The molecule has 1 aromatic carbocycles. The number of esters is 1. The molecule has 1 heterocycles. The molecule has 0 radical (unpaired) electrons. The number of ether oxygens (including phenoxy) is 1. The lowest BCUT2D eigenvalue weighted by Crippen LogP contribution is -2.51. The van der Waals surface area contributed by atoms with Gasteiger partial charge in [-0.2, -0.15) is 0 Å². The molecular weight excluding hydrogens is 430 g/mol. The third-order valence-electron chi connectivity index (χ3n) is 5.58. The molecule has 33 heavy (non-hydrogen) atoms. The average molecular weight is 462 g/mol. The van der Waals surface area contributed by atoms with Crippen molar-refractivity contribution in [3.8, 4) is 0 Å². The summed E-state index contributed by atoms with van der Waals surface area (Å²) in [5.41, 5.74) is -0.329. The van der Waals surface area contributed by atoms with Crippen molar-refractivity contribution in [2.24, 2.45) is 17.8 Å². The van der Waals surface area contributed by atoms with Crippen molar-refractivity contribution in [1.29, 1.82) is 0 Å². The number of non-ortho nitro benzene ring substituents is 1. The highest BCUT2D eigenvalue weighted by molar-refractivity contribution is 5.98. The van der Waals surface area contributed by atoms with Gasteiger partial charge in [-0.05, 0) is 38.2 Å². The first-order valence-corrected chi connectivity index (χ1v) is 10.9. The fourth-order valence-electron chi connectivity index (χ4n) is 3.63. The second-order valence-electron chi connectivity index (χ2n) is 9.37. The molecule has 0 aliphatic carbocycles. The lowest BCUT2D eigenvalue weighted by molar-refractivity contribution is -0.384. The quantitative estimate of drug-likeness (QED) is 0.235. The Balaban J connectivity index is 1.89. The molecule has 2 N–H and O–H groups in total. The minimum Gasteiger partial charge on any atom is -0.463 e. The third kappa shape index (κ3) is 7.96. The van der Waals surface area contributed by atoms with E-state index in [2.05, 4.69) is 10.6 Å². The zero-order valence-electron chi connectivity index (χ0n) is 19.4. The van der Waals surface area contributed by atoms with E-state index in [0.717, 1.165) is 0 Å². The number of nitrogens with zero attached hydrogens (tertiary/aromatic N) is 1. The van der Waals surface area contributed by atoms with Crippen molar-refractivity contribution in [3.05, 3.63) is 39.9 Å². The number of rotatable bonds is 10. The number of nitro benzene ring substituents is 1. The molecule has 2 rings (SSSR count). The molecule has 1 fully saturated rings. The zero-order chi connectivity index (χ0) is 24.8. The maximum absolute atomic E-state index is 13.0. The van der Waals surface area contributed by atoms with Gasteiger partial charge in [-0.25, -0.2) is 0 Å². The molecule has 1 unspecified atom stereocenters. The summed E-state index contributed by atoms with van der Waals surface area (Å²) < 4.78 is 5.32. The van der Waals surface area contributed by atoms with Gasteiger partial charge in [0.15, 0.2) is 0 Å². The number of hydrogen-bond acceptors (Lipinski definition) is 7. The van der Waals surface area contributed by atoms with E-state index in [-0.39, 0.29) is 48.8 Å². The topological polar surface area (TPSA) is 145 Å². The summed E-state index contributed by atoms with van der Waals surface area (Å²) in [5, 5.41) is 15.9. The number of imide groups is 1. The van der Waals surface area contributed by atoms with Crippen LogP contribution in [0.2, 0.25) is 0 Å². The Bertz CT molecular complexity index is 909. The van der Waals surface area contributed by atoms with Crippen molar-refractivity contribution in [2.75, 3.05) is 6.61 Å². The summed E-state index contributed by atoms with van der Waals surface area (Å²) in [6, 6.07) is 5.63. The predicted octanol–water partition coefficient (Wildman–Crippen LogP) is 2.29. The smallest absolute Gasteiger partial charge is 0.310 e. The molecule has 1 aliphatic heterocycles. The Kier molecular flexibility index (Phi) is 8.67. The van der Waals surface area contributed by atoms with Crippen LogP contribution in [0.4, 0.5) is 5.69 Å². The molecule has 10 nitrogen and oxygen atoms in total. The summed E-state index contributed by atoms with van der Waals surface area (Å²) in [5.74, 6) is -2.27. The van der Waals surface area contributed by atoms with Gasteiger partial charge in [0.2, 0.25) is 17.7 Å². The van der Waals surface area contributed by atoms with Gasteiger partial charge < -0.3 is 10.1 Å². The van der Waals surface area contributed by atoms with Crippen molar-refractivity contribution in [3.63, 3.8) is 0 Å². The van der Waals surface area contributed by atoms with E-state index in [9.17, 15) is 29.3 Å². The number of hydrogen-bond donors (Lipinski definition) is 2. The normalized spacial score (nSPS) is 17.3. The number of carbonyl (C=O) groups excluding carboxylic acids is 4. The predicted molar refractivity (Wildman–Crippen MR) is 119 cm³/mol. The van der Waals surface area contributed by atoms with Gasteiger partial charge in [0.1, 0.15) is 6.61 Å². The Hall–Kier alpha value is -3.30. The SMILES string of the molecule is CC(C)C(C[C@H]1CCC(=O)NC1=O)C(=O)NC(C)(C)COC(=O)Cc1ccc([N+](=O)[O-])cc1. The molecular formula is C23H31N3O7. The molecule has 1 aliphatic rings. The summed E-state index contributed by atoms with van der Waals surface area (Å²) in [4.78, 5) is 58.8. The van der Waals surface area contributed by atoms with Crippen LogP contribution in [0.15, 0.2) is 24.3 Å². The van der Waals surface area contributed by atoms with Gasteiger partial charge in [-0.15, -0.1) is 0 Å². The van der Waals surface area contributed by atoms with Gasteiger partial charge in [0.05, 0.1) is 16.9 Å². The van der Waals surface area contributed by atoms with Crippen molar-refractivity contribution < 1.29 is 28.8 Å². The lowest BCUT2D eigenvalue weighted by Gasteiger charge is -2.31. The highest BCUT2D eigenvalue weighted by atomic mass is 16.6. The minimum atomic E-state index is -0.847. The molecule has 3 amide bonds. The maximum Gasteiger partial charge on any atom is 0.310 e. The molecule has 0 saturated carbocycles. The van der Waals surface area contributed by atoms with Crippen LogP contribution in [-0.4, -0.2) is 40.8 Å². The van der Waals surface area contributed by atoms with Crippen LogP contribution in [0.25, 0.3) is 0 Å². The van der Waals surface area contributed by atoms with E-state index in [4.69, 9.17) is 4.74 Å². The average Bonchev–Trinajstić information content (AvgIpc) is 2.71. The summed E-state index contributed by atoms with van der Waals surface area (Å²) in [6.45, 7) is 7.19. The van der Waals surface area contributed by atoms with Crippen LogP contribution in [-0.2, 0) is 30.3 Å². The first-order valence-electron chi connectivity index (χ1n) is 10.9. The van der Waals surface area contributed by atoms with Crippen LogP contribution < -0.4 is 10.6 Å². The molecule has 2 atom stereocenters. The van der Waals surface area contributed by atoms with E-state index in [0.29, 0.717) is 18.4 Å². The first kappa shape index (κ1) is 26.0. The molecule has 10 heteroatoms. The number of nitro groups is 1. The van der Waals surface area contributed by atoms with Gasteiger partial charge >= 0.3 is 5.97 Å². The highest BCUT2D eigenvalue weighted by Crippen LogP contribution is 2.26. The summed E-state index contributed by atoms with van der Waals surface area (Å²) >= 11 is 0. The fourth-order valence-corrected chi connectivity index (χ4v) is 3.63. The maximum atomic E-state index is 13.0. The van der Waals surface area contributed by atoms with E-state index in [1.54, 1.807) is 13.8 Å². The lowest BCUT2D eigenvalue weighted by atomic mass is 9.82. The Morgan fingerprint density at radius 3 is 2.42 bits per heavy atom. The molecule has 1 saturated heterocycles. The van der Waals surface area contributed by atoms with Gasteiger partial charge in [0.25, 0.3) is 5.69 Å². The van der Waals surface area contributed by atoms with Crippen molar-refractivity contribution in [2.45, 2.75) is 58.9 Å². The van der Waals surface area contributed by atoms with Gasteiger partial charge in [-0.3, -0.25) is 34.6 Å². The highest BCUT2D eigenvalue weighted by Gasteiger charge is 2.35. The number of nitrogens with one attached hydrogen (secondary N) is 2. The number of benzene rings is 1. The monoisotopic (exact) mass is 461 g/mol. The Morgan fingerprint density at radius 2 is 1.88 bits per heavy atom. The van der Waals surface area contributed by atoms with Crippen LogP contribution in [0.1, 0.15) is 52.5 Å². The summed E-state index contributed by atoms with van der Waals surface area (Å²) in [6.07, 6.45) is 0.967. The largest absolute Gasteiger partial charge is 0.463 e. The Morgan fingerprint density at radius 1 is 1.24 bits per heavy atom. The molecule has 0 bridgehead atoms. The van der Waals surface area contributed by atoms with Crippen LogP contribution >= 0.6 is 0 Å². The van der Waals surface area contributed by atoms with E-state index >= 15 is 0 Å². The molecule has 180 valence electrons. The molecule has 1 aromatic rings. The van der Waals surface area contributed by atoms with Crippen LogP contribution in [0, 0.1) is 27.9 Å². The molecule has 0 spiro atoms. The van der Waals surface area contributed by atoms with Gasteiger partial charge in [0, 0.05) is 30.4 Å². The first-order chi connectivity index (χ1) is 15.4. The number of carbonyl (C=O) groups is 4. The summed E-state index contributed by atoms with van der Waals surface area (Å²) in [7, 11) is 0. The second-order valence-corrected chi connectivity index (χ2v) is 9.37. The Labute approximate surface area is 192 Å². The van der Waals surface area contributed by atoms with Crippen molar-refractivity contribution >= 4 is 29.4 Å². The standard InChI is InChI=1S/C23H31N3O7/c1-14(2)18(12-16-7-10-19(27)24-21(16)29)22(30)25-23(3,4)13-33-20(28)11-15-5-8-17(9-6-15)26(31)32/h5-6,8-9,14,16,18H,7,10-13H2,1-4H3,(H,25,30)(H,24,27,29)/t16-,18?/m1/s1. The third-order valence-corrected chi connectivity index (χ3v) is 5.58. The van der Waals surface area contributed by atoms with Crippen LogP contribution in [0.3, 0.4) is 0 Å². The minimum absolute atomic E-state index is 0.0316. The van der Waals surface area contributed by atoms with E-state index in [1.165, 1.54) is 24.3 Å². The molecule has 0 aromatic heterocycles.